The van der Waals surface area contributed by atoms with Crippen molar-refractivity contribution in [2.75, 3.05) is 11.1 Å². The van der Waals surface area contributed by atoms with E-state index >= 15 is 0 Å². The van der Waals surface area contributed by atoms with Crippen LogP contribution in [0.2, 0.25) is 10.0 Å². The third kappa shape index (κ3) is 2.26. The molecule has 3 nitrogen and oxygen atoms in total. The number of rotatable bonds is 2. The molecule has 5 heteroatoms. The van der Waals surface area contributed by atoms with E-state index in [1.165, 1.54) is 0 Å². The highest BCUT2D eigenvalue weighted by atomic mass is 35.5. The number of halogens is 2. The maximum atomic E-state index is 6.18. The molecule has 0 amide bonds. The fourth-order valence-corrected chi connectivity index (χ4v) is 2.53. The number of hydrogen-bond donors (Lipinski definition) is 2. The molecule has 1 aromatic heterocycles. The van der Waals surface area contributed by atoms with Gasteiger partial charge in [-0.15, -0.1) is 0 Å². The van der Waals surface area contributed by atoms with Crippen molar-refractivity contribution >= 4 is 51.2 Å². The molecule has 0 unspecified atom stereocenters. The molecule has 0 aliphatic heterocycles. The lowest BCUT2D eigenvalue weighted by molar-refractivity contribution is 1.40. The summed E-state index contributed by atoms with van der Waals surface area (Å²) in [5, 5.41) is 5.22. The summed E-state index contributed by atoms with van der Waals surface area (Å²) in [7, 11) is 0. The van der Waals surface area contributed by atoms with Gasteiger partial charge in [0.1, 0.15) is 0 Å². The maximum Gasteiger partial charge on any atom is 0.0763 e. The Labute approximate surface area is 126 Å². The highest BCUT2D eigenvalue weighted by Gasteiger charge is 2.11. The second-order valence-corrected chi connectivity index (χ2v) is 5.14. The van der Waals surface area contributed by atoms with Gasteiger partial charge in [-0.25, -0.2) is 0 Å². The molecule has 0 aliphatic rings. The standard InChI is InChI=1S/C15H11Cl2N3/c16-10-5-3-6-11(17)15(10)20-14-9-4-1-2-7-13(9)19-8-12(14)18/h1-8H,18H2,(H,19,20). The lowest BCUT2D eigenvalue weighted by Gasteiger charge is -2.14. The number of nitrogens with one attached hydrogen (secondary N) is 1. The molecule has 0 fully saturated rings. The number of nitrogens with zero attached hydrogens (tertiary/aromatic N) is 1. The fourth-order valence-electron chi connectivity index (χ4n) is 2.04. The van der Waals surface area contributed by atoms with Gasteiger partial charge in [-0.1, -0.05) is 47.5 Å². The summed E-state index contributed by atoms with van der Waals surface area (Å²) in [6.07, 6.45) is 1.62. The summed E-state index contributed by atoms with van der Waals surface area (Å²) >= 11 is 12.4. The summed E-state index contributed by atoms with van der Waals surface area (Å²) in [6.45, 7) is 0. The van der Waals surface area contributed by atoms with Crippen LogP contribution in [0.5, 0.6) is 0 Å². The minimum atomic E-state index is 0.540. The van der Waals surface area contributed by atoms with Gasteiger partial charge in [-0.3, -0.25) is 4.98 Å². The van der Waals surface area contributed by atoms with Gasteiger partial charge in [0.05, 0.1) is 38.8 Å². The van der Waals surface area contributed by atoms with Crippen LogP contribution in [0.4, 0.5) is 17.1 Å². The van der Waals surface area contributed by atoms with Crippen molar-refractivity contribution in [3.05, 3.63) is 58.7 Å². The number of benzene rings is 2. The largest absolute Gasteiger partial charge is 0.396 e. The first-order valence-corrected chi connectivity index (χ1v) is 6.76. The third-order valence-corrected chi connectivity index (χ3v) is 3.65. The number of hydrogen-bond acceptors (Lipinski definition) is 3. The van der Waals surface area contributed by atoms with E-state index in [1.54, 1.807) is 24.4 Å². The average molecular weight is 304 g/mol. The number of nitrogens with two attached hydrogens (primary N) is 1. The molecule has 3 N–H and O–H groups in total. The molecule has 20 heavy (non-hydrogen) atoms. The molecule has 3 aromatic rings. The quantitative estimate of drug-likeness (QED) is 0.710. The Kier molecular flexibility index (Phi) is 3.38. The van der Waals surface area contributed by atoms with Gasteiger partial charge in [0.15, 0.2) is 0 Å². The van der Waals surface area contributed by atoms with E-state index in [9.17, 15) is 0 Å². The third-order valence-electron chi connectivity index (χ3n) is 3.02. The monoisotopic (exact) mass is 303 g/mol. The maximum absolute atomic E-state index is 6.18. The van der Waals surface area contributed by atoms with Crippen molar-refractivity contribution in [1.82, 2.24) is 4.98 Å². The van der Waals surface area contributed by atoms with Crippen LogP contribution >= 0.6 is 23.2 Å². The van der Waals surface area contributed by atoms with E-state index in [4.69, 9.17) is 28.9 Å². The van der Waals surface area contributed by atoms with Crippen LogP contribution in [-0.4, -0.2) is 4.98 Å². The van der Waals surface area contributed by atoms with Gasteiger partial charge in [-0.05, 0) is 18.2 Å². The molecule has 0 bridgehead atoms. The van der Waals surface area contributed by atoms with E-state index in [0.717, 1.165) is 16.6 Å². The van der Waals surface area contributed by atoms with E-state index in [-0.39, 0.29) is 0 Å². The minimum Gasteiger partial charge on any atom is -0.396 e. The molecule has 0 spiro atoms. The number of nitrogen functional groups attached to an aromatic ring is 1. The van der Waals surface area contributed by atoms with Crippen molar-refractivity contribution in [1.29, 1.82) is 0 Å². The lowest BCUT2D eigenvalue weighted by Crippen LogP contribution is -1.99. The predicted octanol–water partition coefficient (Wildman–Crippen LogP) is 4.87. The van der Waals surface area contributed by atoms with Crippen molar-refractivity contribution in [3.8, 4) is 0 Å². The van der Waals surface area contributed by atoms with Crippen LogP contribution in [-0.2, 0) is 0 Å². The molecule has 0 atom stereocenters. The Balaban J connectivity index is 2.18. The predicted molar refractivity (Wildman–Crippen MR) is 85.9 cm³/mol. The number of para-hydroxylation sites is 2. The average Bonchev–Trinajstić information content (AvgIpc) is 2.45. The minimum absolute atomic E-state index is 0.540. The Morgan fingerprint density at radius 1 is 0.900 bits per heavy atom. The van der Waals surface area contributed by atoms with Gasteiger partial charge in [0.2, 0.25) is 0 Å². The van der Waals surface area contributed by atoms with Crippen LogP contribution in [0.1, 0.15) is 0 Å². The van der Waals surface area contributed by atoms with E-state index < -0.39 is 0 Å². The first-order chi connectivity index (χ1) is 9.66. The van der Waals surface area contributed by atoms with E-state index in [0.29, 0.717) is 21.4 Å². The second-order valence-electron chi connectivity index (χ2n) is 4.33. The normalized spacial score (nSPS) is 10.7. The van der Waals surface area contributed by atoms with Crippen LogP contribution in [0.15, 0.2) is 48.7 Å². The molecule has 0 radical (unpaired) electrons. The number of anilines is 3. The topological polar surface area (TPSA) is 50.9 Å². The zero-order valence-corrected chi connectivity index (χ0v) is 11.9. The molecular formula is C15H11Cl2N3. The number of aromatic nitrogens is 1. The summed E-state index contributed by atoms with van der Waals surface area (Å²) in [5.41, 5.74) is 8.81. The molecule has 0 saturated carbocycles. The van der Waals surface area contributed by atoms with Gasteiger partial charge >= 0.3 is 0 Å². The van der Waals surface area contributed by atoms with Crippen molar-refractivity contribution in [2.24, 2.45) is 0 Å². The van der Waals surface area contributed by atoms with Gasteiger partial charge in [0.25, 0.3) is 0 Å². The Morgan fingerprint density at radius 2 is 1.60 bits per heavy atom. The lowest BCUT2D eigenvalue weighted by atomic mass is 10.1. The molecule has 2 aromatic carbocycles. The number of fused-ring (bicyclic) bond motifs is 1. The molecule has 3 rings (SSSR count). The zero-order chi connectivity index (χ0) is 14.1. The van der Waals surface area contributed by atoms with Crippen LogP contribution in [0, 0.1) is 0 Å². The van der Waals surface area contributed by atoms with Crippen molar-refractivity contribution in [2.45, 2.75) is 0 Å². The van der Waals surface area contributed by atoms with E-state index in [1.807, 2.05) is 24.3 Å². The molecule has 1 heterocycles. The fraction of sp³-hybridized carbons (Fsp3) is 0. The zero-order valence-electron chi connectivity index (χ0n) is 10.4. The Bertz CT molecular complexity index is 767. The van der Waals surface area contributed by atoms with E-state index in [2.05, 4.69) is 10.3 Å². The SMILES string of the molecule is Nc1cnc2ccccc2c1Nc1c(Cl)cccc1Cl. The molecular weight excluding hydrogens is 293 g/mol. The molecule has 0 aliphatic carbocycles. The summed E-state index contributed by atoms with van der Waals surface area (Å²) in [5.74, 6) is 0. The Morgan fingerprint density at radius 3 is 2.35 bits per heavy atom. The smallest absolute Gasteiger partial charge is 0.0763 e. The highest BCUT2D eigenvalue weighted by Crippen LogP contribution is 2.36. The van der Waals surface area contributed by atoms with Crippen molar-refractivity contribution < 1.29 is 0 Å². The van der Waals surface area contributed by atoms with Crippen LogP contribution in [0.25, 0.3) is 10.9 Å². The number of pyridine rings is 1. The van der Waals surface area contributed by atoms with Gasteiger partial charge < -0.3 is 11.1 Å². The van der Waals surface area contributed by atoms with Gasteiger partial charge in [0, 0.05) is 5.39 Å². The van der Waals surface area contributed by atoms with Crippen molar-refractivity contribution in [3.63, 3.8) is 0 Å². The summed E-state index contributed by atoms with van der Waals surface area (Å²) < 4.78 is 0. The summed E-state index contributed by atoms with van der Waals surface area (Å²) in [6, 6.07) is 13.1. The highest BCUT2D eigenvalue weighted by molar-refractivity contribution is 6.39. The molecule has 100 valence electrons. The van der Waals surface area contributed by atoms with Crippen LogP contribution < -0.4 is 11.1 Å². The van der Waals surface area contributed by atoms with Crippen LogP contribution in [0.3, 0.4) is 0 Å². The Hall–Kier alpha value is -1.97. The molecule has 0 saturated heterocycles. The van der Waals surface area contributed by atoms with Gasteiger partial charge in [-0.2, -0.15) is 0 Å². The summed E-state index contributed by atoms with van der Waals surface area (Å²) in [4.78, 5) is 4.30. The first-order valence-electron chi connectivity index (χ1n) is 6.01. The second kappa shape index (κ2) is 5.19. The first kappa shape index (κ1) is 13.0.